The molecule has 3 aromatic carbocycles. The Morgan fingerprint density at radius 1 is 0.880 bits per heavy atom. The van der Waals surface area contributed by atoms with Crippen LogP contribution in [0.5, 0.6) is 0 Å². The quantitative estimate of drug-likeness (QED) is 0.334. The minimum Gasteiger partial charge on any atom is -0.282 e. The van der Waals surface area contributed by atoms with Crippen molar-refractivity contribution in [3.63, 3.8) is 0 Å². The van der Waals surface area contributed by atoms with E-state index >= 15 is 0 Å². The molecule has 25 heavy (non-hydrogen) atoms. The van der Waals surface area contributed by atoms with Crippen LogP contribution in [0.3, 0.4) is 0 Å². The van der Waals surface area contributed by atoms with Crippen LogP contribution in [0.2, 0.25) is 10.0 Å². The van der Waals surface area contributed by atoms with Gasteiger partial charge in [0.1, 0.15) is 0 Å². The molecular formula is C20H16Cl2N2O. The van der Waals surface area contributed by atoms with Crippen LogP contribution in [-0.2, 0) is 0 Å². The molecule has 0 aliphatic heterocycles. The molecule has 0 saturated heterocycles. The Hall–Kier alpha value is -2.33. The topological polar surface area (TPSA) is 35.8 Å². The summed E-state index contributed by atoms with van der Waals surface area (Å²) in [5.41, 5.74) is 2.92. The van der Waals surface area contributed by atoms with E-state index in [0.29, 0.717) is 27.1 Å². The lowest BCUT2D eigenvalue weighted by Crippen LogP contribution is -2.28. The summed E-state index contributed by atoms with van der Waals surface area (Å²) >= 11 is 12.3. The number of halogens is 2. The Balaban J connectivity index is 2.14. The lowest BCUT2D eigenvalue weighted by Gasteiger charge is -2.20. The van der Waals surface area contributed by atoms with E-state index < -0.39 is 0 Å². The predicted octanol–water partition coefficient (Wildman–Crippen LogP) is 6.28. The average Bonchev–Trinajstić information content (AvgIpc) is 2.62. The molecule has 0 amide bonds. The summed E-state index contributed by atoms with van der Waals surface area (Å²) in [6.07, 6.45) is 0. The van der Waals surface area contributed by atoms with Gasteiger partial charge in [0, 0.05) is 10.6 Å². The second kappa shape index (κ2) is 7.70. The number of aliphatic imine (C=N–C) groups is 1. The number of amidine groups is 1. The third-order valence-electron chi connectivity index (χ3n) is 3.73. The second-order valence-corrected chi connectivity index (χ2v) is 6.33. The molecule has 3 aromatic rings. The predicted molar refractivity (Wildman–Crippen MR) is 105 cm³/mol. The maximum absolute atomic E-state index is 10.8. The Morgan fingerprint density at radius 3 is 2.20 bits per heavy atom. The molecule has 3 nitrogen and oxygen atoms in total. The van der Waals surface area contributed by atoms with Gasteiger partial charge in [-0.3, -0.25) is 5.21 Å². The molecule has 0 heterocycles. The fourth-order valence-corrected chi connectivity index (χ4v) is 2.72. The zero-order valence-electron chi connectivity index (χ0n) is 13.5. The average molecular weight is 371 g/mol. The fraction of sp³-hybridized carbons (Fsp3) is 0.0500. The Labute approximate surface area is 156 Å². The maximum Gasteiger partial charge on any atom is 0.167 e. The Kier molecular flexibility index (Phi) is 5.39. The number of nitrogens with zero attached hydrogens (tertiary/aromatic N) is 2. The van der Waals surface area contributed by atoms with Crippen molar-refractivity contribution in [1.29, 1.82) is 0 Å². The molecule has 0 aromatic heterocycles. The largest absolute Gasteiger partial charge is 0.282 e. The number of aryl methyl sites for hydroxylation is 1. The van der Waals surface area contributed by atoms with E-state index in [1.54, 1.807) is 30.3 Å². The Bertz CT molecular complexity index is 908. The highest BCUT2D eigenvalue weighted by Crippen LogP contribution is 2.26. The molecule has 0 bridgehead atoms. The number of hydroxylamine groups is 1. The number of hydrogen-bond donors (Lipinski definition) is 1. The summed E-state index contributed by atoms with van der Waals surface area (Å²) in [4.78, 5) is 4.66. The first-order valence-corrected chi connectivity index (χ1v) is 8.45. The van der Waals surface area contributed by atoms with Crippen molar-refractivity contribution < 1.29 is 5.21 Å². The molecule has 0 fully saturated rings. The summed E-state index contributed by atoms with van der Waals surface area (Å²) in [6.45, 7) is 1.97. The summed E-state index contributed by atoms with van der Waals surface area (Å²) in [7, 11) is 0. The van der Waals surface area contributed by atoms with Gasteiger partial charge in [-0.05, 0) is 55.0 Å². The van der Waals surface area contributed by atoms with Gasteiger partial charge >= 0.3 is 0 Å². The van der Waals surface area contributed by atoms with E-state index in [-0.39, 0.29) is 0 Å². The molecular weight excluding hydrogens is 355 g/mol. The van der Waals surface area contributed by atoms with Crippen molar-refractivity contribution in [3.8, 4) is 0 Å². The van der Waals surface area contributed by atoms with Crippen molar-refractivity contribution in [2.75, 3.05) is 5.06 Å². The Morgan fingerprint density at radius 2 is 1.52 bits per heavy atom. The highest BCUT2D eigenvalue weighted by Gasteiger charge is 2.17. The van der Waals surface area contributed by atoms with E-state index in [9.17, 15) is 5.21 Å². The first kappa shape index (κ1) is 17.5. The van der Waals surface area contributed by atoms with Crippen LogP contribution in [0.25, 0.3) is 0 Å². The monoisotopic (exact) mass is 370 g/mol. The van der Waals surface area contributed by atoms with Crippen LogP contribution in [-0.4, -0.2) is 11.0 Å². The second-order valence-electron chi connectivity index (χ2n) is 5.49. The molecule has 0 aliphatic carbocycles. The first-order chi connectivity index (χ1) is 12.1. The van der Waals surface area contributed by atoms with Crippen LogP contribution in [0.4, 0.5) is 11.4 Å². The summed E-state index contributed by atoms with van der Waals surface area (Å²) in [5, 5.41) is 12.9. The zero-order valence-corrected chi connectivity index (χ0v) is 15.0. The van der Waals surface area contributed by atoms with E-state index in [4.69, 9.17) is 23.2 Å². The van der Waals surface area contributed by atoms with Crippen molar-refractivity contribution in [2.24, 2.45) is 4.99 Å². The smallest absolute Gasteiger partial charge is 0.167 e. The van der Waals surface area contributed by atoms with Crippen molar-refractivity contribution >= 4 is 40.4 Å². The van der Waals surface area contributed by atoms with Crippen LogP contribution >= 0.6 is 23.2 Å². The summed E-state index contributed by atoms with van der Waals surface area (Å²) in [6, 6.07) is 21.8. The molecule has 5 heteroatoms. The van der Waals surface area contributed by atoms with Gasteiger partial charge in [0.05, 0.1) is 16.4 Å². The van der Waals surface area contributed by atoms with E-state index in [1.807, 2.05) is 49.4 Å². The van der Waals surface area contributed by atoms with Crippen molar-refractivity contribution in [2.45, 2.75) is 6.92 Å². The van der Waals surface area contributed by atoms with Gasteiger partial charge in [0.25, 0.3) is 0 Å². The molecule has 0 atom stereocenters. The molecule has 0 saturated carbocycles. The molecule has 0 aliphatic rings. The number of anilines is 1. The third kappa shape index (κ3) is 4.02. The number of rotatable bonds is 3. The van der Waals surface area contributed by atoms with Gasteiger partial charge in [-0.25, -0.2) is 10.1 Å². The lowest BCUT2D eigenvalue weighted by atomic mass is 10.1. The van der Waals surface area contributed by atoms with Crippen LogP contribution in [0, 0.1) is 6.92 Å². The number of para-hydroxylation sites is 1. The van der Waals surface area contributed by atoms with Gasteiger partial charge < -0.3 is 0 Å². The highest BCUT2D eigenvalue weighted by atomic mass is 35.5. The van der Waals surface area contributed by atoms with Gasteiger partial charge in [-0.15, -0.1) is 0 Å². The van der Waals surface area contributed by atoms with Crippen LogP contribution in [0.1, 0.15) is 11.1 Å². The zero-order chi connectivity index (χ0) is 17.8. The highest BCUT2D eigenvalue weighted by molar-refractivity contribution is 6.35. The fourth-order valence-electron chi connectivity index (χ4n) is 2.37. The van der Waals surface area contributed by atoms with Gasteiger partial charge in [-0.1, -0.05) is 53.5 Å². The van der Waals surface area contributed by atoms with Crippen LogP contribution < -0.4 is 5.06 Å². The van der Waals surface area contributed by atoms with Crippen LogP contribution in [0.15, 0.2) is 77.8 Å². The number of benzene rings is 3. The van der Waals surface area contributed by atoms with Gasteiger partial charge in [-0.2, -0.15) is 0 Å². The minimum atomic E-state index is 0.335. The summed E-state index contributed by atoms with van der Waals surface area (Å²) in [5.74, 6) is 0.335. The number of hydrogen-bond acceptors (Lipinski definition) is 2. The molecule has 126 valence electrons. The molecule has 0 spiro atoms. The van der Waals surface area contributed by atoms with E-state index in [2.05, 4.69) is 4.99 Å². The van der Waals surface area contributed by atoms with E-state index in [0.717, 1.165) is 16.3 Å². The normalized spacial score (nSPS) is 11.4. The van der Waals surface area contributed by atoms with E-state index in [1.165, 1.54) is 0 Å². The third-order valence-corrected chi connectivity index (χ3v) is 4.31. The summed E-state index contributed by atoms with van der Waals surface area (Å²) < 4.78 is 0. The van der Waals surface area contributed by atoms with Crippen molar-refractivity contribution in [1.82, 2.24) is 0 Å². The molecule has 1 N–H and O–H groups in total. The van der Waals surface area contributed by atoms with Gasteiger partial charge in [0.15, 0.2) is 5.84 Å². The van der Waals surface area contributed by atoms with Gasteiger partial charge in [0.2, 0.25) is 0 Å². The SMILES string of the molecule is Cc1ccccc1N=C(c1ccccc1Cl)N(O)c1ccc(Cl)cc1. The van der Waals surface area contributed by atoms with Crippen molar-refractivity contribution in [3.05, 3.63) is 94.0 Å². The molecule has 0 unspecified atom stereocenters. The standard InChI is InChI=1S/C20H16Cl2N2O/c1-14-6-2-5-9-19(14)23-20(17-7-3-4-8-18(17)22)24(25)16-12-10-15(21)11-13-16/h2-13,25H,1H3. The first-order valence-electron chi connectivity index (χ1n) is 7.70. The lowest BCUT2D eigenvalue weighted by molar-refractivity contribution is 0.313. The maximum atomic E-state index is 10.8. The molecule has 3 rings (SSSR count). The minimum absolute atomic E-state index is 0.335. The molecule has 0 radical (unpaired) electrons.